The number of aromatic nitrogens is 3. The fraction of sp³-hybridized carbons (Fsp3) is 0.0625. The van der Waals surface area contributed by atoms with Crippen molar-refractivity contribution in [1.82, 2.24) is 15.2 Å². The lowest BCUT2D eigenvalue weighted by atomic mass is 10.2. The minimum absolute atomic E-state index is 0.0133. The molecule has 2 aromatic carbocycles. The molecule has 0 aliphatic heterocycles. The van der Waals surface area contributed by atoms with Crippen molar-refractivity contribution < 1.29 is 12.8 Å². The average molecular weight is 467 g/mol. The van der Waals surface area contributed by atoms with Crippen molar-refractivity contribution in [3.8, 4) is 10.6 Å². The molecule has 0 saturated carbocycles. The number of nitrogens with one attached hydrogen (secondary N) is 1. The third kappa shape index (κ3) is 3.29. The lowest BCUT2D eigenvalue weighted by Crippen LogP contribution is -2.26. The van der Waals surface area contributed by atoms with E-state index in [9.17, 15) is 13.2 Å². The predicted molar refractivity (Wildman–Crippen MR) is 105 cm³/mol. The predicted octanol–water partition coefficient (Wildman–Crippen LogP) is 3.23. The van der Waals surface area contributed by atoms with Gasteiger partial charge in [0.25, 0.3) is 10.0 Å². The van der Waals surface area contributed by atoms with Crippen LogP contribution in [0.25, 0.3) is 21.7 Å². The monoisotopic (exact) mass is 466 g/mol. The lowest BCUT2D eigenvalue weighted by Gasteiger charge is -2.15. The van der Waals surface area contributed by atoms with Gasteiger partial charge in [-0.1, -0.05) is 39.4 Å². The van der Waals surface area contributed by atoms with Crippen molar-refractivity contribution in [3.63, 3.8) is 0 Å². The molecule has 0 unspecified atom stereocenters. The summed E-state index contributed by atoms with van der Waals surface area (Å²) in [7, 11) is -2.49. The summed E-state index contributed by atoms with van der Waals surface area (Å²) in [6.07, 6.45) is 0. The Labute approximate surface area is 165 Å². The first-order chi connectivity index (χ1) is 12.8. The van der Waals surface area contributed by atoms with E-state index < -0.39 is 15.8 Å². The summed E-state index contributed by atoms with van der Waals surface area (Å²) in [4.78, 5) is 13.7. The van der Waals surface area contributed by atoms with E-state index in [1.165, 1.54) is 25.2 Å². The van der Waals surface area contributed by atoms with E-state index in [-0.39, 0.29) is 15.6 Å². The van der Waals surface area contributed by atoms with E-state index in [2.05, 4.69) is 31.1 Å². The first-order valence-electron chi connectivity index (χ1n) is 7.56. The maximum atomic E-state index is 12.9. The van der Waals surface area contributed by atoms with Crippen molar-refractivity contribution in [2.45, 2.75) is 4.90 Å². The highest BCUT2D eigenvalue weighted by molar-refractivity contribution is 9.10. The highest BCUT2D eigenvalue weighted by Crippen LogP contribution is 2.31. The van der Waals surface area contributed by atoms with Crippen molar-refractivity contribution >= 4 is 53.5 Å². The molecule has 2 heterocycles. The van der Waals surface area contributed by atoms with Crippen LogP contribution in [0, 0.1) is 0 Å². The SMILES string of the molecule is CN(c1nnc(-c2ccc(Br)cc2)s1)S(=O)(=O)c1ccc2[nH]c(=O)oc2c1. The molecule has 4 aromatic rings. The molecule has 0 atom stereocenters. The fourth-order valence-corrected chi connectivity index (χ4v) is 4.84. The van der Waals surface area contributed by atoms with Crippen LogP contribution in [0.4, 0.5) is 5.13 Å². The lowest BCUT2D eigenvalue weighted by molar-refractivity contribution is 0.554. The Morgan fingerprint density at radius 1 is 1.15 bits per heavy atom. The molecule has 0 saturated heterocycles. The number of benzene rings is 2. The van der Waals surface area contributed by atoms with E-state index >= 15 is 0 Å². The van der Waals surface area contributed by atoms with Crippen molar-refractivity contribution in [1.29, 1.82) is 0 Å². The zero-order valence-corrected chi connectivity index (χ0v) is 16.9. The maximum absolute atomic E-state index is 12.9. The number of fused-ring (bicyclic) bond motifs is 1. The molecular weight excluding hydrogens is 456 g/mol. The number of nitrogens with zero attached hydrogens (tertiary/aromatic N) is 3. The molecule has 8 nitrogen and oxygen atoms in total. The van der Waals surface area contributed by atoms with Crippen LogP contribution in [0.2, 0.25) is 0 Å². The van der Waals surface area contributed by atoms with Crippen molar-refractivity contribution in [2.24, 2.45) is 0 Å². The topological polar surface area (TPSA) is 109 Å². The van der Waals surface area contributed by atoms with Gasteiger partial charge in [0.15, 0.2) is 5.58 Å². The summed E-state index contributed by atoms with van der Waals surface area (Å²) >= 11 is 4.53. The summed E-state index contributed by atoms with van der Waals surface area (Å²) in [5.74, 6) is -0.642. The van der Waals surface area contributed by atoms with Gasteiger partial charge in [0.2, 0.25) is 5.13 Å². The molecule has 0 aliphatic rings. The van der Waals surface area contributed by atoms with Crippen LogP contribution in [-0.2, 0) is 10.0 Å². The van der Waals surface area contributed by atoms with Gasteiger partial charge in [-0.15, -0.1) is 10.2 Å². The molecule has 1 N–H and O–H groups in total. The van der Waals surface area contributed by atoms with Gasteiger partial charge in [-0.05, 0) is 24.3 Å². The molecule has 0 fully saturated rings. The van der Waals surface area contributed by atoms with E-state index in [0.29, 0.717) is 10.5 Å². The Bertz CT molecular complexity index is 1290. The van der Waals surface area contributed by atoms with Gasteiger partial charge in [0, 0.05) is 23.2 Å². The van der Waals surface area contributed by atoms with E-state index in [0.717, 1.165) is 25.7 Å². The van der Waals surface area contributed by atoms with Gasteiger partial charge in [0.05, 0.1) is 10.4 Å². The summed E-state index contributed by atoms with van der Waals surface area (Å²) in [5, 5.41) is 8.91. The summed E-state index contributed by atoms with van der Waals surface area (Å²) in [5.41, 5.74) is 1.43. The Hall–Kier alpha value is -2.50. The third-order valence-corrected chi connectivity index (χ3v) is 7.26. The second-order valence-electron chi connectivity index (χ2n) is 5.54. The first kappa shape index (κ1) is 17.9. The minimum atomic E-state index is -3.89. The number of rotatable bonds is 4. The second kappa shape index (κ2) is 6.59. The molecule has 27 heavy (non-hydrogen) atoms. The summed E-state index contributed by atoms with van der Waals surface area (Å²) in [6, 6.07) is 11.7. The number of halogens is 1. The molecule has 2 aromatic heterocycles. The van der Waals surface area contributed by atoms with Crippen LogP contribution in [0.1, 0.15) is 0 Å². The number of aromatic amines is 1. The Morgan fingerprint density at radius 3 is 2.63 bits per heavy atom. The average Bonchev–Trinajstić information content (AvgIpc) is 3.26. The van der Waals surface area contributed by atoms with E-state index in [1.807, 2.05) is 24.3 Å². The Morgan fingerprint density at radius 2 is 1.89 bits per heavy atom. The van der Waals surface area contributed by atoms with Gasteiger partial charge < -0.3 is 4.42 Å². The maximum Gasteiger partial charge on any atom is 0.417 e. The van der Waals surface area contributed by atoms with Crippen LogP contribution >= 0.6 is 27.3 Å². The largest absolute Gasteiger partial charge is 0.417 e. The number of hydrogen-bond acceptors (Lipinski definition) is 7. The standard InChI is InChI=1S/C16H11BrN4O4S2/c1-21(15-20-19-14(26-15)9-2-4-10(17)5-3-9)27(23,24)11-6-7-12-13(8-11)25-16(22)18-12/h2-8H,1H3,(H,18,22). The molecule has 0 radical (unpaired) electrons. The summed E-state index contributed by atoms with van der Waals surface area (Å²) in [6.45, 7) is 0. The molecule has 0 spiro atoms. The molecule has 4 rings (SSSR count). The van der Waals surface area contributed by atoms with Gasteiger partial charge >= 0.3 is 5.76 Å². The van der Waals surface area contributed by atoms with Crippen LogP contribution in [-0.4, -0.2) is 30.6 Å². The van der Waals surface area contributed by atoms with Crippen LogP contribution < -0.4 is 10.1 Å². The highest BCUT2D eigenvalue weighted by atomic mass is 79.9. The molecular formula is C16H11BrN4O4S2. The molecule has 0 bridgehead atoms. The van der Waals surface area contributed by atoms with Gasteiger partial charge in [-0.2, -0.15) is 0 Å². The number of anilines is 1. The van der Waals surface area contributed by atoms with Crippen molar-refractivity contribution in [2.75, 3.05) is 11.4 Å². The smallest absolute Gasteiger partial charge is 0.408 e. The van der Waals surface area contributed by atoms with Gasteiger partial charge in [-0.25, -0.2) is 17.5 Å². The van der Waals surface area contributed by atoms with Gasteiger partial charge in [0.1, 0.15) is 5.01 Å². The molecule has 11 heteroatoms. The van der Waals surface area contributed by atoms with Crippen LogP contribution in [0.5, 0.6) is 0 Å². The van der Waals surface area contributed by atoms with E-state index in [1.54, 1.807) is 0 Å². The number of oxazole rings is 1. The number of sulfonamides is 1. The second-order valence-corrected chi connectivity index (χ2v) is 9.38. The summed E-state index contributed by atoms with van der Waals surface area (Å²) < 4.78 is 32.7. The fourth-order valence-electron chi connectivity index (χ4n) is 2.40. The normalized spacial score (nSPS) is 11.8. The van der Waals surface area contributed by atoms with E-state index in [4.69, 9.17) is 4.42 Å². The Kier molecular flexibility index (Phi) is 4.36. The number of hydrogen-bond donors (Lipinski definition) is 1. The third-order valence-electron chi connectivity index (χ3n) is 3.83. The molecule has 138 valence electrons. The zero-order valence-electron chi connectivity index (χ0n) is 13.7. The van der Waals surface area contributed by atoms with Gasteiger partial charge in [-0.3, -0.25) is 4.98 Å². The highest BCUT2D eigenvalue weighted by Gasteiger charge is 2.25. The molecule has 0 amide bonds. The van der Waals surface area contributed by atoms with Crippen LogP contribution in [0.15, 0.2) is 61.0 Å². The molecule has 0 aliphatic carbocycles. The quantitative estimate of drug-likeness (QED) is 0.494. The Balaban J connectivity index is 1.69. The minimum Gasteiger partial charge on any atom is -0.408 e. The first-order valence-corrected chi connectivity index (χ1v) is 10.6. The van der Waals surface area contributed by atoms with Crippen LogP contribution in [0.3, 0.4) is 0 Å². The number of H-pyrrole nitrogens is 1. The van der Waals surface area contributed by atoms with Crippen molar-refractivity contribution in [3.05, 3.63) is 57.5 Å². The zero-order chi connectivity index (χ0) is 19.2.